The van der Waals surface area contributed by atoms with Gasteiger partial charge in [0.15, 0.2) is 0 Å². The molecule has 4 nitrogen and oxygen atoms in total. The summed E-state index contributed by atoms with van der Waals surface area (Å²) in [4.78, 5) is 2.32. The smallest absolute Gasteiger partial charge is 0.0900 e. The third kappa shape index (κ3) is 4.01. The first-order valence-electron chi connectivity index (χ1n) is 6.32. The van der Waals surface area contributed by atoms with Crippen LogP contribution in [-0.2, 0) is 4.74 Å². The Hall–Kier alpha value is -0.160. The molecule has 0 saturated carbocycles. The second kappa shape index (κ2) is 7.22. The highest BCUT2D eigenvalue weighted by molar-refractivity contribution is 4.83. The van der Waals surface area contributed by atoms with Gasteiger partial charge in [-0.15, -0.1) is 0 Å². The number of methoxy groups -OCH3 is 1. The third-order valence-electron chi connectivity index (χ3n) is 3.60. The summed E-state index contributed by atoms with van der Waals surface area (Å²) in [6, 6.07) is 0.435. The third-order valence-corrected chi connectivity index (χ3v) is 3.60. The van der Waals surface area contributed by atoms with Crippen LogP contribution >= 0.6 is 0 Å². The average molecular weight is 230 g/mol. The first kappa shape index (κ1) is 13.9. The van der Waals surface area contributed by atoms with E-state index in [-0.39, 0.29) is 0 Å². The van der Waals surface area contributed by atoms with Crippen molar-refractivity contribution in [3.05, 3.63) is 0 Å². The quantitative estimate of drug-likeness (QED) is 0.695. The Kier molecular flexibility index (Phi) is 6.28. The fraction of sp³-hybridized carbons (Fsp3) is 1.00. The van der Waals surface area contributed by atoms with Crippen LogP contribution in [0.1, 0.15) is 26.2 Å². The largest absolute Gasteiger partial charge is 0.389 e. The molecule has 0 aliphatic carbocycles. The van der Waals surface area contributed by atoms with Crippen molar-refractivity contribution in [2.75, 3.05) is 33.4 Å². The summed E-state index contributed by atoms with van der Waals surface area (Å²) >= 11 is 0. The Morgan fingerprint density at radius 1 is 1.56 bits per heavy atom. The van der Waals surface area contributed by atoms with E-state index in [0.29, 0.717) is 25.7 Å². The van der Waals surface area contributed by atoms with Crippen LogP contribution in [0.5, 0.6) is 0 Å². The second-order valence-corrected chi connectivity index (χ2v) is 4.79. The molecule has 1 aliphatic heterocycles. The van der Waals surface area contributed by atoms with Crippen molar-refractivity contribution in [2.45, 2.75) is 38.3 Å². The van der Waals surface area contributed by atoms with E-state index < -0.39 is 6.10 Å². The van der Waals surface area contributed by atoms with Crippen molar-refractivity contribution >= 4 is 0 Å². The Bertz CT molecular complexity index is 190. The van der Waals surface area contributed by atoms with Crippen LogP contribution in [0, 0.1) is 5.92 Å². The maximum atomic E-state index is 9.73. The van der Waals surface area contributed by atoms with E-state index >= 15 is 0 Å². The summed E-state index contributed by atoms with van der Waals surface area (Å²) in [6.45, 7) is 5.09. The predicted molar refractivity (Wildman–Crippen MR) is 65.3 cm³/mol. The Morgan fingerprint density at radius 3 is 2.88 bits per heavy atom. The van der Waals surface area contributed by atoms with Crippen LogP contribution in [0.25, 0.3) is 0 Å². The van der Waals surface area contributed by atoms with Gasteiger partial charge in [0.05, 0.1) is 12.7 Å². The van der Waals surface area contributed by atoms with Gasteiger partial charge in [-0.3, -0.25) is 4.90 Å². The number of rotatable bonds is 6. The van der Waals surface area contributed by atoms with Crippen LogP contribution in [0.2, 0.25) is 0 Å². The van der Waals surface area contributed by atoms with Gasteiger partial charge in [0, 0.05) is 26.2 Å². The highest BCUT2D eigenvalue weighted by atomic mass is 16.5. The van der Waals surface area contributed by atoms with Gasteiger partial charge in [-0.2, -0.15) is 0 Å². The van der Waals surface area contributed by atoms with Crippen LogP contribution in [0.15, 0.2) is 0 Å². The summed E-state index contributed by atoms with van der Waals surface area (Å²) in [5.41, 5.74) is 5.81. The molecule has 0 aromatic carbocycles. The molecule has 0 aromatic rings. The molecule has 4 heteroatoms. The van der Waals surface area contributed by atoms with Gasteiger partial charge in [0.25, 0.3) is 0 Å². The molecule has 0 aromatic heterocycles. The molecule has 96 valence electrons. The molecule has 1 rings (SSSR count). The van der Waals surface area contributed by atoms with E-state index in [1.54, 1.807) is 7.11 Å². The molecule has 0 bridgehead atoms. The van der Waals surface area contributed by atoms with Crippen molar-refractivity contribution in [1.29, 1.82) is 0 Å². The minimum absolute atomic E-state index is 0.391. The van der Waals surface area contributed by atoms with Gasteiger partial charge in [-0.25, -0.2) is 0 Å². The monoisotopic (exact) mass is 230 g/mol. The van der Waals surface area contributed by atoms with Crippen molar-refractivity contribution in [2.24, 2.45) is 11.7 Å². The van der Waals surface area contributed by atoms with Gasteiger partial charge in [-0.05, 0) is 25.3 Å². The maximum absolute atomic E-state index is 9.73. The van der Waals surface area contributed by atoms with Gasteiger partial charge in [0.2, 0.25) is 0 Å². The topological polar surface area (TPSA) is 58.7 Å². The molecular weight excluding hydrogens is 204 g/mol. The lowest BCUT2D eigenvalue weighted by Crippen LogP contribution is -2.49. The van der Waals surface area contributed by atoms with Crippen molar-refractivity contribution in [1.82, 2.24) is 4.90 Å². The Balaban J connectivity index is 2.40. The normalized spacial score (nSPS) is 29.2. The Morgan fingerprint density at radius 2 is 2.31 bits per heavy atom. The lowest BCUT2D eigenvalue weighted by Gasteiger charge is -2.39. The van der Waals surface area contributed by atoms with Gasteiger partial charge in [-0.1, -0.05) is 13.3 Å². The molecule has 0 amide bonds. The summed E-state index contributed by atoms with van der Waals surface area (Å²) in [5, 5.41) is 9.73. The second-order valence-electron chi connectivity index (χ2n) is 4.79. The molecule has 3 unspecified atom stereocenters. The number of piperidine rings is 1. The lowest BCUT2D eigenvalue weighted by atomic mass is 9.89. The standard InChI is InChI=1S/C12H26N2O2/c1-3-10-4-5-14(11(6-10)7-13)8-12(15)9-16-2/h10-12,15H,3-9,13H2,1-2H3. The maximum Gasteiger partial charge on any atom is 0.0900 e. The lowest BCUT2D eigenvalue weighted by molar-refractivity contribution is 0.0120. The van der Waals surface area contributed by atoms with Gasteiger partial charge < -0.3 is 15.6 Å². The van der Waals surface area contributed by atoms with E-state index in [9.17, 15) is 5.11 Å². The fourth-order valence-electron chi connectivity index (χ4n) is 2.55. The number of nitrogens with zero attached hydrogens (tertiary/aromatic N) is 1. The molecule has 1 aliphatic rings. The summed E-state index contributed by atoms with van der Waals surface area (Å²) in [5.74, 6) is 0.810. The molecule has 3 atom stereocenters. The zero-order valence-corrected chi connectivity index (χ0v) is 10.6. The van der Waals surface area contributed by atoms with Gasteiger partial charge >= 0.3 is 0 Å². The zero-order valence-electron chi connectivity index (χ0n) is 10.6. The van der Waals surface area contributed by atoms with Crippen LogP contribution < -0.4 is 5.73 Å². The number of hydrogen-bond acceptors (Lipinski definition) is 4. The number of likely N-dealkylation sites (tertiary alicyclic amines) is 1. The molecule has 1 heterocycles. The molecular formula is C12H26N2O2. The highest BCUT2D eigenvalue weighted by Crippen LogP contribution is 2.24. The van der Waals surface area contributed by atoms with Crippen molar-refractivity contribution < 1.29 is 9.84 Å². The molecule has 0 radical (unpaired) electrons. The van der Waals surface area contributed by atoms with Crippen LogP contribution in [0.4, 0.5) is 0 Å². The van der Waals surface area contributed by atoms with E-state index in [1.807, 2.05) is 0 Å². The Labute approximate surface area is 98.8 Å². The number of ether oxygens (including phenoxy) is 1. The highest BCUT2D eigenvalue weighted by Gasteiger charge is 2.27. The van der Waals surface area contributed by atoms with Crippen LogP contribution in [-0.4, -0.2) is 55.5 Å². The van der Waals surface area contributed by atoms with Crippen molar-refractivity contribution in [3.63, 3.8) is 0 Å². The van der Waals surface area contributed by atoms with Crippen LogP contribution in [0.3, 0.4) is 0 Å². The summed E-state index contributed by atoms with van der Waals surface area (Å²) in [7, 11) is 1.62. The molecule has 16 heavy (non-hydrogen) atoms. The minimum Gasteiger partial charge on any atom is -0.389 e. The summed E-state index contributed by atoms with van der Waals surface area (Å²) in [6.07, 6.45) is 3.25. The molecule has 0 spiro atoms. The molecule has 1 fully saturated rings. The van der Waals surface area contributed by atoms with E-state index in [1.165, 1.54) is 19.3 Å². The minimum atomic E-state index is -0.391. The number of aliphatic hydroxyl groups excluding tert-OH is 1. The first-order chi connectivity index (χ1) is 7.71. The van der Waals surface area contributed by atoms with Gasteiger partial charge in [0.1, 0.15) is 0 Å². The number of aliphatic hydroxyl groups is 1. The van der Waals surface area contributed by atoms with E-state index in [2.05, 4.69) is 11.8 Å². The zero-order chi connectivity index (χ0) is 12.0. The summed E-state index contributed by atoms with van der Waals surface area (Å²) < 4.78 is 4.95. The predicted octanol–water partition coefficient (Wildman–Crippen LogP) is 0.443. The average Bonchev–Trinajstić information content (AvgIpc) is 2.30. The number of hydrogen-bond donors (Lipinski definition) is 2. The van der Waals surface area contributed by atoms with E-state index in [4.69, 9.17) is 10.5 Å². The fourth-order valence-corrected chi connectivity index (χ4v) is 2.55. The van der Waals surface area contributed by atoms with Crippen molar-refractivity contribution in [3.8, 4) is 0 Å². The number of β-amino-alcohol motifs (C(OH)–C–C–N with tert-alkyl or cyclic N) is 1. The van der Waals surface area contributed by atoms with E-state index in [0.717, 1.165) is 12.5 Å². The molecule has 3 N–H and O–H groups in total. The number of nitrogens with two attached hydrogens (primary N) is 1. The SMILES string of the molecule is CCC1CCN(CC(O)COC)C(CN)C1. The first-order valence-corrected chi connectivity index (χ1v) is 6.32. The molecule has 1 saturated heterocycles.